The van der Waals surface area contributed by atoms with Crippen LogP contribution >= 0.6 is 0 Å². The zero-order chi connectivity index (χ0) is 22.3. The van der Waals surface area contributed by atoms with Crippen molar-refractivity contribution in [1.82, 2.24) is 24.9 Å². The van der Waals surface area contributed by atoms with Gasteiger partial charge in [0.05, 0.1) is 6.54 Å². The van der Waals surface area contributed by atoms with Crippen LogP contribution in [0.3, 0.4) is 0 Å². The zero-order valence-electron chi connectivity index (χ0n) is 19.3. The van der Waals surface area contributed by atoms with Crippen LogP contribution in [-0.2, 0) is 22.7 Å². The second kappa shape index (κ2) is 10.8. The van der Waals surface area contributed by atoms with E-state index < -0.39 is 0 Å². The molecule has 1 N–H and O–H groups in total. The van der Waals surface area contributed by atoms with E-state index in [1.807, 2.05) is 16.8 Å². The van der Waals surface area contributed by atoms with Gasteiger partial charge in [0, 0.05) is 72.4 Å². The fraction of sp³-hybridized carbons (Fsp3) is 0.625. The highest BCUT2D eigenvalue weighted by molar-refractivity contribution is 5.80. The van der Waals surface area contributed by atoms with Crippen LogP contribution in [-0.4, -0.2) is 96.8 Å². The SMILES string of the molecule is CN=C(NCc1cccc(CN2CCCC2=O)c1)N1CCN(CC(=O)N2CCCC2)CC1. The van der Waals surface area contributed by atoms with E-state index in [1.165, 1.54) is 11.1 Å². The molecule has 0 spiro atoms. The number of carbonyl (C=O) groups is 2. The minimum Gasteiger partial charge on any atom is -0.352 e. The zero-order valence-corrected chi connectivity index (χ0v) is 19.3. The molecule has 0 aliphatic carbocycles. The molecule has 0 bridgehead atoms. The number of hydrogen-bond donors (Lipinski definition) is 1. The van der Waals surface area contributed by atoms with E-state index in [-0.39, 0.29) is 11.8 Å². The summed E-state index contributed by atoms with van der Waals surface area (Å²) in [6.45, 7) is 8.11. The summed E-state index contributed by atoms with van der Waals surface area (Å²) in [7, 11) is 1.82. The molecule has 0 saturated carbocycles. The molecule has 1 aromatic carbocycles. The third-order valence-corrected chi connectivity index (χ3v) is 6.69. The maximum absolute atomic E-state index is 12.4. The molecule has 3 aliphatic heterocycles. The quantitative estimate of drug-likeness (QED) is 0.530. The predicted octanol–water partition coefficient (Wildman–Crippen LogP) is 1.12. The Morgan fingerprint density at radius 2 is 1.72 bits per heavy atom. The number of carbonyl (C=O) groups excluding carboxylic acids is 2. The summed E-state index contributed by atoms with van der Waals surface area (Å²) >= 11 is 0. The first-order valence-electron chi connectivity index (χ1n) is 11.9. The van der Waals surface area contributed by atoms with Gasteiger partial charge in [-0.15, -0.1) is 0 Å². The highest BCUT2D eigenvalue weighted by Gasteiger charge is 2.24. The van der Waals surface area contributed by atoms with E-state index >= 15 is 0 Å². The number of rotatable bonds is 6. The fourth-order valence-electron chi connectivity index (χ4n) is 4.82. The van der Waals surface area contributed by atoms with Crippen LogP contribution < -0.4 is 5.32 Å². The summed E-state index contributed by atoms with van der Waals surface area (Å²) in [5, 5.41) is 3.49. The van der Waals surface area contributed by atoms with Gasteiger partial charge in [-0.3, -0.25) is 19.5 Å². The number of aliphatic imine (C=N–C) groups is 1. The molecule has 1 aromatic rings. The molecule has 32 heavy (non-hydrogen) atoms. The molecule has 2 amide bonds. The first-order chi connectivity index (χ1) is 15.6. The van der Waals surface area contributed by atoms with Crippen LogP contribution in [0.15, 0.2) is 29.3 Å². The van der Waals surface area contributed by atoms with Crippen LogP contribution in [0.25, 0.3) is 0 Å². The Kier molecular flexibility index (Phi) is 7.63. The molecule has 3 saturated heterocycles. The van der Waals surface area contributed by atoms with E-state index in [2.05, 4.69) is 44.4 Å². The maximum Gasteiger partial charge on any atom is 0.236 e. The lowest BCUT2D eigenvalue weighted by Crippen LogP contribution is -2.54. The maximum atomic E-state index is 12.4. The van der Waals surface area contributed by atoms with Gasteiger partial charge in [0.15, 0.2) is 5.96 Å². The Morgan fingerprint density at radius 1 is 0.969 bits per heavy atom. The van der Waals surface area contributed by atoms with Gasteiger partial charge in [0.25, 0.3) is 0 Å². The van der Waals surface area contributed by atoms with E-state index in [4.69, 9.17) is 0 Å². The summed E-state index contributed by atoms with van der Waals surface area (Å²) in [6, 6.07) is 8.43. The average molecular weight is 441 g/mol. The minimum atomic E-state index is 0.259. The molecule has 0 radical (unpaired) electrons. The van der Waals surface area contributed by atoms with Gasteiger partial charge >= 0.3 is 0 Å². The summed E-state index contributed by atoms with van der Waals surface area (Å²) in [4.78, 5) is 37.3. The second-order valence-corrected chi connectivity index (χ2v) is 8.99. The second-order valence-electron chi connectivity index (χ2n) is 8.99. The molecule has 174 valence electrons. The minimum absolute atomic E-state index is 0.259. The molecule has 4 rings (SSSR count). The summed E-state index contributed by atoms with van der Waals surface area (Å²) < 4.78 is 0. The van der Waals surface area contributed by atoms with Crippen LogP contribution in [0.2, 0.25) is 0 Å². The Bertz CT molecular complexity index is 828. The number of nitrogens with zero attached hydrogens (tertiary/aromatic N) is 5. The van der Waals surface area contributed by atoms with Gasteiger partial charge in [-0.1, -0.05) is 24.3 Å². The summed E-state index contributed by atoms with van der Waals surface area (Å²) in [5.41, 5.74) is 2.36. The topological polar surface area (TPSA) is 71.5 Å². The highest BCUT2D eigenvalue weighted by Crippen LogP contribution is 2.15. The number of amides is 2. The molecule has 8 nitrogen and oxygen atoms in total. The lowest BCUT2D eigenvalue weighted by molar-refractivity contribution is -0.131. The third-order valence-electron chi connectivity index (χ3n) is 6.69. The highest BCUT2D eigenvalue weighted by atomic mass is 16.2. The number of nitrogens with one attached hydrogen (secondary N) is 1. The van der Waals surface area contributed by atoms with Crippen molar-refractivity contribution in [2.45, 2.75) is 38.8 Å². The van der Waals surface area contributed by atoms with Crippen molar-refractivity contribution < 1.29 is 9.59 Å². The number of piperazine rings is 1. The largest absolute Gasteiger partial charge is 0.352 e. The van der Waals surface area contributed by atoms with E-state index in [9.17, 15) is 9.59 Å². The van der Waals surface area contributed by atoms with Crippen molar-refractivity contribution in [3.63, 3.8) is 0 Å². The van der Waals surface area contributed by atoms with Crippen LogP contribution in [0.1, 0.15) is 36.8 Å². The van der Waals surface area contributed by atoms with Crippen LogP contribution in [0, 0.1) is 0 Å². The Hall–Kier alpha value is -2.61. The Labute approximate surface area is 191 Å². The Morgan fingerprint density at radius 3 is 2.41 bits per heavy atom. The molecule has 3 aliphatic rings. The van der Waals surface area contributed by atoms with Crippen molar-refractivity contribution in [3.05, 3.63) is 35.4 Å². The fourth-order valence-corrected chi connectivity index (χ4v) is 4.82. The summed E-state index contributed by atoms with van der Waals surface area (Å²) in [6.07, 6.45) is 3.93. The average Bonchev–Trinajstić information content (AvgIpc) is 3.48. The Balaban J connectivity index is 1.23. The van der Waals surface area contributed by atoms with Crippen LogP contribution in [0.4, 0.5) is 0 Å². The van der Waals surface area contributed by atoms with Gasteiger partial charge < -0.3 is 20.0 Å². The molecular formula is C24H36N6O2. The lowest BCUT2D eigenvalue weighted by Gasteiger charge is -2.36. The van der Waals surface area contributed by atoms with Gasteiger partial charge in [0.2, 0.25) is 11.8 Å². The predicted molar refractivity (Wildman–Crippen MR) is 125 cm³/mol. The van der Waals surface area contributed by atoms with Crippen LogP contribution in [0.5, 0.6) is 0 Å². The first-order valence-corrected chi connectivity index (χ1v) is 11.9. The normalized spacial score (nSPS) is 20.3. The summed E-state index contributed by atoms with van der Waals surface area (Å²) in [5.74, 6) is 1.43. The molecule has 3 heterocycles. The molecule has 0 aromatic heterocycles. The third kappa shape index (κ3) is 5.79. The number of likely N-dealkylation sites (tertiary alicyclic amines) is 2. The van der Waals surface area contributed by atoms with Crippen molar-refractivity contribution in [3.8, 4) is 0 Å². The smallest absolute Gasteiger partial charge is 0.236 e. The lowest BCUT2D eigenvalue weighted by atomic mass is 10.1. The number of guanidine groups is 1. The molecule has 8 heteroatoms. The molecule has 0 unspecified atom stereocenters. The van der Waals surface area contributed by atoms with Crippen molar-refractivity contribution in [2.24, 2.45) is 4.99 Å². The molecule has 3 fully saturated rings. The van der Waals surface area contributed by atoms with E-state index in [1.54, 1.807) is 0 Å². The van der Waals surface area contributed by atoms with Crippen molar-refractivity contribution in [1.29, 1.82) is 0 Å². The van der Waals surface area contributed by atoms with E-state index in [0.29, 0.717) is 26.1 Å². The number of benzene rings is 1. The number of hydrogen-bond acceptors (Lipinski definition) is 4. The van der Waals surface area contributed by atoms with Gasteiger partial charge in [-0.2, -0.15) is 0 Å². The van der Waals surface area contributed by atoms with Gasteiger partial charge in [-0.25, -0.2) is 0 Å². The monoisotopic (exact) mass is 440 g/mol. The molecule has 0 atom stereocenters. The first kappa shape index (κ1) is 22.6. The standard InChI is InChI=1S/C24H36N6O2/c1-25-24(29-14-12-27(13-15-29)19-23(32)28-9-2-3-10-28)26-17-20-6-4-7-21(16-20)18-30-11-5-8-22(30)31/h4,6-7,16H,2-3,5,8-15,17-19H2,1H3,(H,25,26). The van der Waals surface area contributed by atoms with Crippen molar-refractivity contribution in [2.75, 3.05) is 59.4 Å². The van der Waals surface area contributed by atoms with Crippen molar-refractivity contribution >= 4 is 17.8 Å². The van der Waals surface area contributed by atoms with E-state index in [0.717, 1.165) is 71.0 Å². The van der Waals surface area contributed by atoms with Gasteiger partial charge in [-0.05, 0) is 30.4 Å². The van der Waals surface area contributed by atoms with Gasteiger partial charge in [0.1, 0.15) is 0 Å². The molecular weight excluding hydrogens is 404 g/mol.